The van der Waals surface area contributed by atoms with Crippen LogP contribution in [-0.2, 0) is 17.6 Å². The number of hydrogen-bond donors (Lipinski definition) is 1. The van der Waals surface area contributed by atoms with Crippen LogP contribution in [0.5, 0.6) is 11.5 Å². The summed E-state index contributed by atoms with van der Waals surface area (Å²) in [6.45, 7) is 2.18. The van der Waals surface area contributed by atoms with Gasteiger partial charge in [0.05, 0.1) is 20.1 Å². The van der Waals surface area contributed by atoms with E-state index in [9.17, 15) is 4.79 Å². The molecule has 0 saturated carbocycles. The van der Waals surface area contributed by atoms with Gasteiger partial charge in [0.25, 0.3) is 0 Å². The Hall–Kier alpha value is -3.13. The van der Waals surface area contributed by atoms with E-state index in [1.54, 1.807) is 14.2 Å². The smallest absolute Gasteiger partial charge is 0.224 e. The van der Waals surface area contributed by atoms with Gasteiger partial charge in [-0.25, -0.2) is 4.98 Å². The van der Waals surface area contributed by atoms with Gasteiger partial charge < -0.3 is 19.7 Å². The van der Waals surface area contributed by atoms with Crippen molar-refractivity contribution in [3.8, 4) is 11.5 Å². The predicted octanol–water partition coefficient (Wildman–Crippen LogP) is 3.72. The topological polar surface area (TPSA) is 76.6 Å². The molecule has 1 atom stereocenters. The molecule has 2 aromatic carbocycles. The molecule has 1 saturated heterocycles. The molecule has 8 heteroatoms. The van der Waals surface area contributed by atoms with Crippen molar-refractivity contribution in [2.75, 3.05) is 38.8 Å². The normalized spacial score (nSPS) is 15.8. The molecule has 0 spiro atoms. The molecule has 7 nitrogen and oxygen atoms in total. The van der Waals surface area contributed by atoms with Crippen LogP contribution in [0.3, 0.4) is 0 Å². The monoisotopic (exact) mass is 466 g/mol. The fourth-order valence-corrected chi connectivity index (χ4v) is 4.82. The Morgan fingerprint density at radius 3 is 2.73 bits per heavy atom. The number of carbonyl (C=O) groups excluding carboxylic acids is 1. The van der Waals surface area contributed by atoms with Crippen LogP contribution in [0.4, 0.5) is 5.13 Å². The molecule has 33 heavy (non-hydrogen) atoms. The highest BCUT2D eigenvalue weighted by molar-refractivity contribution is 7.09. The molecule has 1 fully saturated rings. The first kappa shape index (κ1) is 23.0. The number of carbonyl (C=O) groups is 1. The van der Waals surface area contributed by atoms with Crippen molar-refractivity contribution in [3.05, 3.63) is 65.5 Å². The van der Waals surface area contributed by atoms with Crippen LogP contribution < -0.4 is 19.7 Å². The van der Waals surface area contributed by atoms with Gasteiger partial charge in [0.2, 0.25) is 11.0 Å². The molecule has 0 aliphatic carbocycles. The number of piperidine rings is 1. The minimum absolute atomic E-state index is 0.0365. The second-order valence-electron chi connectivity index (χ2n) is 8.17. The maximum absolute atomic E-state index is 12.8. The Bertz CT molecular complexity index is 1060. The number of ether oxygens (including phenoxy) is 2. The third-order valence-electron chi connectivity index (χ3n) is 5.89. The largest absolute Gasteiger partial charge is 0.493 e. The zero-order valence-corrected chi connectivity index (χ0v) is 19.9. The zero-order chi connectivity index (χ0) is 23.0. The van der Waals surface area contributed by atoms with E-state index >= 15 is 0 Å². The van der Waals surface area contributed by atoms with Crippen LogP contribution in [0.25, 0.3) is 0 Å². The average Bonchev–Trinajstić information content (AvgIpc) is 3.33. The van der Waals surface area contributed by atoms with E-state index in [1.807, 2.05) is 36.4 Å². The molecule has 0 bridgehead atoms. The van der Waals surface area contributed by atoms with Crippen molar-refractivity contribution in [2.45, 2.75) is 25.7 Å². The number of nitrogens with zero attached hydrogens (tertiary/aromatic N) is 3. The van der Waals surface area contributed by atoms with Crippen LogP contribution in [0.2, 0.25) is 0 Å². The highest BCUT2D eigenvalue weighted by Gasteiger charge is 2.27. The van der Waals surface area contributed by atoms with E-state index in [0.717, 1.165) is 48.7 Å². The predicted molar refractivity (Wildman–Crippen MR) is 130 cm³/mol. The van der Waals surface area contributed by atoms with Gasteiger partial charge in [-0.15, -0.1) is 0 Å². The number of amides is 1. The highest BCUT2D eigenvalue weighted by atomic mass is 32.1. The summed E-state index contributed by atoms with van der Waals surface area (Å²) >= 11 is 1.42. The lowest BCUT2D eigenvalue weighted by Gasteiger charge is -2.31. The summed E-state index contributed by atoms with van der Waals surface area (Å²) < 4.78 is 15.2. The van der Waals surface area contributed by atoms with Crippen LogP contribution in [-0.4, -0.2) is 49.1 Å². The molecule has 0 radical (unpaired) electrons. The van der Waals surface area contributed by atoms with Crippen LogP contribution >= 0.6 is 11.5 Å². The van der Waals surface area contributed by atoms with Gasteiger partial charge in [-0.3, -0.25) is 4.79 Å². The summed E-state index contributed by atoms with van der Waals surface area (Å²) in [5.74, 6) is 2.31. The van der Waals surface area contributed by atoms with E-state index in [1.165, 1.54) is 17.1 Å². The van der Waals surface area contributed by atoms with Gasteiger partial charge in [0, 0.05) is 37.6 Å². The molecule has 174 valence electrons. The van der Waals surface area contributed by atoms with Gasteiger partial charge in [0.15, 0.2) is 11.5 Å². The van der Waals surface area contributed by atoms with Crippen molar-refractivity contribution in [3.63, 3.8) is 0 Å². The van der Waals surface area contributed by atoms with Crippen LogP contribution in [0, 0.1) is 5.92 Å². The fourth-order valence-electron chi connectivity index (χ4n) is 4.10. The van der Waals surface area contributed by atoms with Gasteiger partial charge in [-0.05, 0) is 42.5 Å². The molecule has 1 amide bonds. The summed E-state index contributed by atoms with van der Waals surface area (Å²) in [4.78, 5) is 19.8. The maximum Gasteiger partial charge on any atom is 0.224 e. The molecule has 3 aromatic rings. The number of anilines is 1. The fraction of sp³-hybridized carbons (Fsp3) is 0.400. The number of aromatic nitrogens is 2. The minimum atomic E-state index is -0.0365. The second-order valence-corrected chi connectivity index (χ2v) is 8.90. The van der Waals surface area contributed by atoms with Gasteiger partial charge in [-0.2, -0.15) is 4.37 Å². The van der Waals surface area contributed by atoms with Crippen LogP contribution in [0.1, 0.15) is 29.8 Å². The summed E-state index contributed by atoms with van der Waals surface area (Å²) in [5.41, 5.74) is 2.30. The van der Waals surface area contributed by atoms with Gasteiger partial charge in [-0.1, -0.05) is 36.4 Å². The molecule has 2 heterocycles. The minimum Gasteiger partial charge on any atom is -0.493 e. The highest BCUT2D eigenvalue weighted by Crippen LogP contribution is 2.28. The van der Waals surface area contributed by atoms with Crippen molar-refractivity contribution in [1.82, 2.24) is 14.7 Å². The SMILES string of the molecule is COc1ccc(CCNC(=O)C2CCCN(c3nc(Cc4ccccc4)ns3)C2)cc1OC. The first-order valence-corrected chi connectivity index (χ1v) is 12.0. The van der Waals surface area contributed by atoms with Gasteiger partial charge >= 0.3 is 0 Å². The Morgan fingerprint density at radius 2 is 1.94 bits per heavy atom. The quantitative estimate of drug-likeness (QED) is 0.518. The standard InChI is InChI=1S/C25H30N4O3S/c1-31-21-11-10-19(15-22(21)32-2)12-13-26-24(30)20-9-6-14-29(17-20)25-27-23(28-33-25)16-18-7-4-3-5-8-18/h3-5,7-8,10-11,15,20H,6,9,12-14,16-17H2,1-2H3,(H,26,30). The molecular weight excluding hydrogens is 436 g/mol. The molecule has 4 rings (SSSR count). The Kier molecular flexibility index (Phi) is 7.78. The summed E-state index contributed by atoms with van der Waals surface area (Å²) in [6.07, 6.45) is 3.34. The number of rotatable bonds is 9. The van der Waals surface area contributed by atoms with E-state index in [2.05, 4.69) is 26.7 Å². The van der Waals surface area contributed by atoms with E-state index < -0.39 is 0 Å². The van der Waals surface area contributed by atoms with Gasteiger partial charge in [0.1, 0.15) is 5.82 Å². The average molecular weight is 467 g/mol. The third-order valence-corrected chi connectivity index (χ3v) is 6.70. The molecule has 1 unspecified atom stereocenters. The zero-order valence-electron chi connectivity index (χ0n) is 19.1. The molecular formula is C25H30N4O3S. The second kappa shape index (κ2) is 11.1. The number of nitrogens with one attached hydrogen (secondary N) is 1. The lowest BCUT2D eigenvalue weighted by molar-refractivity contribution is -0.125. The number of benzene rings is 2. The third kappa shape index (κ3) is 6.01. The molecule has 1 N–H and O–H groups in total. The lowest BCUT2D eigenvalue weighted by Crippen LogP contribution is -2.43. The summed E-state index contributed by atoms with van der Waals surface area (Å²) in [7, 11) is 3.25. The van der Waals surface area contributed by atoms with E-state index in [0.29, 0.717) is 24.6 Å². The summed E-state index contributed by atoms with van der Waals surface area (Å²) in [5, 5.41) is 4.01. The first-order chi connectivity index (χ1) is 16.2. The Morgan fingerprint density at radius 1 is 1.12 bits per heavy atom. The maximum atomic E-state index is 12.8. The number of hydrogen-bond acceptors (Lipinski definition) is 7. The molecule has 1 aliphatic heterocycles. The first-order valence-electron chi connectivity index (χ1n) is 11.3. The van der Waals surface area contributed by atoms with Crippen LogP contribution in [0.15, 0.2) is 48.5 Å². The van der Waals surface area contributed by atoms with E-state index in [4.69, 9.17) is 14.5 Å². The molecule has 1 aliphatic rings. The Labute approximate surface area is 198 Å². The lowest BCUT2D eigenvalue weighted by atomic mass is 9.97. The number of methoxy groups -OCH3 is 2. The van der Waals surface area contributed by atoms with E-state index in [-0.39, 0.29) is 11.8 Å². The van der Waals surface area contributed by atoms with Crippen molar-refractivity contribution < 1.29 is 14.3 Å². The summed E-state index contributed by atoms with van der Waals surface area (Å²) in [6, 6.07) is 16.1. The van der Waals surface area contributed by atoms with Crippen molar-refractivity contribution in [2.24, 2.45) is 5.92 Å². The van der Waals surface area contributed by atoms with Crippen molar-refractivity contribution >= 4 is 22.6 Å². The Balaban J connectivity index is 1.28. The molecule has 1 aromatic heterocycles. The van der Waals surface area contributed by atoms with Crippen molar-refractivity contribution in [1.29, 1.82) is 0 Å².